The lowest BCUT2D eigenvalue weighted by atomic mass is 10.3. The first-order valence-corrected chi connectivity index (χ1v) is 8.88. The molecule has 0 saturated carbocycles. The molecule has 1 aliphatic rings. The summed E-state index contributed by atoms with van der Waals surface area (Å²) in [5.41, 5.74) is 0.914. The van der Waals surface area contributed by atoms with Crippen LogP contribution in [0.5, 0.6) is 17.4 Å². The molecule has 0 radical (unpaired) electrons. The summed E-state index contributed by atoms with van der Waals surface area (Å²) in [7, 11) is 0. The first kappa shape index (κ1) is 18.0. The number of ether oxygens (including phenoxy) is 3. The minimum Gasteiger partial charge on any atom is -0.494 e. The highest BCUT2D eigenvalue weighted by molar-refractivity contribution is 5.78. The molecule has 0 aliphatic carbocycles. The van der Waals surface area contributed by atoms with Crippen molar-refractivity contribution in [2.75, 3.05) is 26.3 Å². The predicted octanol–water partition coefficient (Wildman–Crippen LogP) is 2.85. The summed E-state index contributed by atoms with van der Waals surface area (Å²) in [5.74, 6) is 2.00. The molecule has 1 atom stereocenters. The molecule has 6 nitrogen and oxygen atoms in total. The van der Waals surface area contributed by atoms with Crippen LogP contribution in [-0.4, -0.2) is 48.2 Å². The Morgan fingerprint density at radius 1 is 1.15 bits per heavy atom. The smallest absolute Gasteiger partial charge is 0.260 e. The van der Waals surface area contributed by atoms with E-state index in [1.54, 1.807) is 17.0 Å². The standard InChI is InChI=1S/C20H24N2O4/c1-3-24-16-7-9-17(10-8-16)25-14-20(23)22-12-11-18(13-22)26-19-6-4-5-15(2)21-19/h4-10,18H,3,11-14H2,1-2H3. The number of hydrogen-bond donors (Lipinski definition) is 0. The van der Waals surface area contributed by atoms with Crippen LogP contribution in [0, 0.1) is 6.92 Å². The molecular formula is C20H24N2O4. The van der Waals surface area contributed by atoms with Gasteiger partial charge in [0.25, 0.3) is 5.91 Å². The topological polar surface area (TPSA) is 60.9 Å². The van der Waals surface area contributed by atoms with Crippen molar-refractivity contribution >= 4 is 5.91 Å². The number of hydrogen-bond acceptors (Lipinski definition) is 5. The van der Waals surface area contributed by atoms with Gasteiger partial charge in [-0.15, -0.1) is 0 Å². The number of likely N-dealkylation sites (tertiary alicyclic amines) is 1. The number of nitrogens with zero attached hydrogens (tertiary/aromatic N) is 2. The second-order valence-corrected chi connectivity index (χ2v) is 6.18. The molecule has 1 aliphatic heterocycles. The van der Waals surface area contributed by atoms with Crippen LogP contribution in [0.2, 0.25) is 0 Å². The number of carbonyl (C=O) groups is 1. The molecule has 1 amide bonds. The first-order valence-electron chi connectivity index (χ1n) is 8.88. The van der Waals surface area contributed by atoms with Crippen molar-refractivity contribution in [2.45, 2.75) is 26.4 Å². The van der Waals surface area contributed by atoms with Gasteiger partial charge in [0, 0.05) is 24.7 Å². The minimum atomic E-state index is -0.0396. The second-order valence-electron chi connectivity index (χ2n) is 6.18. The molecule has 1 aromatic heterocycles. The van der Waals surface area contributed by atoms with E-state index in [-0.39, 0.29) is 18.6 Å². The lowest BCUT2D eigenvalue weighted by molar-refractivity contribution is -0.132. The van der Waals surface area contributed by atoms with Crippen molar-refractivity contribution in [2.24, 2.45) is 0 Å². The molecule has 6 heteroatoms. The van der Waals surface area contributed by atoms with Crippen LogP contribution in [0.3, 0.4) is 0 Å². The molecule has 0 bridgehead atoms. The maximum atomic E-state index is 12.3. The first-order chi connectivity index (χ1) is 12.6. The van der Waals surface area contributed by atoms with Crippen LogP contribution in [0.4, 0.5) is 0 Å². The van der Waals surface area contributed by atoms with Crippen LogP contribution in [0.15, 0.2) is 42.5 Å². The SMILES string of the molecule is CCOc1ccc(OCC(=O)N2CCC(Oc3cccc(C)n3)C2)cc1. The Bertz CT molecular complexity index is 733. The number of benzene rings is 1. The molecule has 1 fully saturated rings. The van der Waals surface area contributed by atoms with E-state index in [4.69, 9.17) is 14.2 Å². The van der Waals surface area contributed by atoms with Gasteiger partial charge < -0.3 is 19.1 Å². The average molecular weight is 356 g/mol. The Labute approximate surface area is 153 Å². The van der Waals surface area contributed by atoms with E-state index in [1.807, 2.05) is 44.2 Å². The highest BCUT2D eigenvalue weighted by Crippen LogP contribution is 2.19. The Balaban J connectivity index is 1.45. The highest BCUT2D eigenvalue weighted by Gasteiger charge is 2.28. The van der Waals surface area contributed by atoms with Crippen molar-refractivity contribution < 1.29 is 19.0 Å². The number of amides is 1. The van der Waals surface area contributed by atoms with Crippen molar-refractivity contribution in [1.82, 2.24) is 9.88 Å². The third kappa shape index (κ3) is 4.88. The summed E-state index contributed by atoms with van der Waals surface area (Å²) in [6.07, 6.45) is 0.767. The third-order valence-corrected chi connectivity index (χ3v) is 4.14. The van der Waals surface area contributed by atoms with Crippen LogP contribution >= 0.6 is 0 Å². The van der Waals surface area contributed by atoms with E-state index >= 15 is 0 Å². The molecule has 3 rings (SSSR count). The molecule has 138 valence electrons. The fraction of sp³-hybridized carbons (Fsp3) is 0.400. The number of aromatic nitrogens is 1. The van der Waals surface area contributed by atoms with Gasteiger partial charge in [-0.3, -0.25) is 4.79 Å². The van der Waals surface area contributed by atoms with Gasteiger partial charge in [0.2, 0.25) is 5.88 Å². The van der Waals surface area contributed by atoms with E-state index < -0.39 is 0 Å². The Morgan fingerprint density at radius 2 is 1.88 bits per heavy atom. The fourth-order valence-corrected chi connectivity index (χ4v) is 2.84. The van der Waals surface area contributed by atoms with E-state index in [9.17, 15) is 4.79 Å². The van der Waals surface area contributed by atoms with Crippen molar-refractivity contribution in [1.29, 1.82) is 0 Å². The van der Waals surface area contributed by atoms with Gasteiger partial charge >= 0.3 is 0 Å². The zero-order chi connectivity index (χ0) is 18.4. The molecular weight excluding hydrogens is 332 g/mol. The normalized spacial score (nSPS) is 16.4. The predicted molar refractivity (Wildman–Crippen MR) is 97.7 cm³/mol. The lowest BCUT2D eigenvalue weighted by Gasteiger charge is -2.17. The number of rotatable bonds is 7. The lowest BCUT2D eigenvalue weighted by Crippen LogP contribution is -2.34. The van der Waals surface area contributed by atoms with Crippen LogP contribution in [0.25, 0.3) is 0 Å². The van der Waals surface area contributed by atoms with Gasteiger partial charge in [-0.2, -0.15) is 0 Å². The Kier molecular flexibility index (Phi) is 5.94. The Hall–Kier alpha value is -2.76. The Morgan fingerprint density at radius 3 is 2.58 bits per heavy atom. The zero-order valence-corrected chi connectivity index (χ0v) is 15.2. The van der Waals surface area contributed by atoms with Gasteiger partial charge in [0.05, 0.1) is 13.2 Å². The van der Waals surface area contributed by atoms with Crippen LogP contribution < -0.4 is 14.2 Å². The van der Waals surface area contributed by atoms with Gasteiger partial charge in [0.1, 0.15) is 17.6 Å². The molecule has 1 unspecified atom stereocenters. The quantitative estimate of drug-likeness (QED) is 0.763. The number of aryl methyl sites for hydroxylation is 1. The van der Waals surface area contributed by atoms with Crippen molar-refractivity contribution in [3.8, 4) is 17.4 Å². The molecule has 1 saturated heterocycles. The average Bonchev–Trinajstić information content (AvgIpc) is 3.10. The van der Waals surface area contributed by atoms with Gasteiger partial charge in [0.15, 0.2) is 6.61 Å². The molecule has 26 heavy (non-hydrogen) atoms. The minimum absolute atomic E-state index is 0.0173. The summed E-state index contributed by atoms with van der Waals surface area (Å²) in [6, 6.07) is 13.0. The van der Waals surface area contributed by atoms with E-state index in [0.29, 0.717) is 31.3 Å². The van der Waals surface area contributed by atoms with Gasteiger partial charge in [-0.25, -0.2) is 4.98 Å². The summed E-state index contributed by atoms with van der Waals surface area (Å²) in [6.45, 7) is 5.72. The number of pyridine rings is 1. The molecule has 2 heterocycles. The molecule has 0 spiro atoms. The molecule has 0 N–H and O–H groups in total. The molecule has 2 aromatic rings. The van der Waals surface area contributed by atoms with Crippen LogP contribution in [-0.2, 0) is 4.79 Å². The number of carbonyl (C=O) groups excluding carboxylic acids is 1. The summed E-state index contributed by atoms with van der Waals surface area (Å²) in [4.78, 5) is 18.5. The van der Waals surface area contributed by atoms with Gasteiger partial charge in [-0.1, -0.05) is 6.07 Å². The van der Waals surface area contributed by atoms with Crippen LogP contribution in [0.1, 0.15) is 19.0 Å². The summed E-state index contributed by atoms with van der Waals surface area (Å²) in [5, 5.41) is 0. The monoisotopic (exact) mass is 356 g/mol. The molecule has 1 aromatic carbocycles. The maximum Gasteiger partial charge on any atom is 0.260 e. The maximum absolute atomic E-state index is 12.3. The van der Waals surface area contributed by atoms with E-state index in [2.05, 4.69) is 4.98 Å². The fourth-order valence-electron chi connectivity index (χ4n) is 2.84. The van der Waals surface area contributed by atoms with Gasteiger partial charge in [-0.05, 0) is 44.2 Å². The van der Waals surface area contributed by atoms with Crippen molar-refractivity contribution in [3.05, 3.63) is 48.2 Å². The van der Waals surface area contributed by atoms with E-state index in [0.717, 1.165) is 17.9 Å². The van der Waals surface area contributed by atoms with E-state index in [1.165, 1.54) is 0 Å². The highest BCUT2D eigenvalue weighted by atomic mass is 16.5. The largest absolute Gasteiger partial charge is 0.494 e. The van der Waals surface area contributed by atoms with Crippen molar-refractivity contribution in [3.63, 3.8) is 0 Å². The summed E-state index contributed by atoms with van der Waals surface area (Å²) >= 11 is 0. The second kappa shape index (κ2) is 8.56. The summed E-state index contributed by atoms with van der Waals surface area (Å²) < 4.78 is 16.8. The third-order valence-electron chi connectivity index (χ3n) is 4.14. The zero-order valence-electron chi connectivity index (χ0n) is 15.2.